The van der Waals surface area contributed by atoms with E-state index >= 15 is 0 Å². The number of carbonyl (C=O) groups is 2. The molecular formula is C18H16F2O4S2. The van der Waals surface area contributed by atoms with Gasteiger partial charge in [-0.05, 0) is 50.2 Å². The molecule has 8 heteroatoms. The Labute approximate surface area is 157 Å². The first-order chi connectivity index (χ1) is 12.5. The molecule has 4 nitrogen and oxygen atoms in total. The maximum Gasteiger partial charge on any atom is 0.341 e. The summed E-state index contributed by atoms with van der Waals surface area (Å²) in [4.78, 5) is 24.2. The van der Waals surface area contributed by atoms with Crippen molar-refractivity contribution < 1.29 is 27.8 Å². The van der Waals surface area contributed by atoms with E-state index in [1.54, 1.807) is 26.0 Å². The zero-order valence-corrected chi connectivity index (χ0v) is 15.7. The molecule has 0 bridgehead atoms. The molecule has 0 aromatic heterocycles. The lowest BCUT2D eigenvalue weighted by Gasteiger charge is -2.07. The maximum absolute atomic E-state index is 14.0. The first kappa shape index (κ1) is 20.3. The molecule has 0 fully saturated rings. The van der Waals surface area contributed by atoms with Crippen LogP contribution in [-0.4, -0.2) is 25.2 Å². The zero-order valence-electron chi connectivity index (χ0n) is 14.1. The minimum atomic E-state index is -0.717. The number of hydrogen-bond donors (Lipinski definition) is 0. The Hall–Kier alpha value is -2.06. The van der Waals surface area contributed by atoms with Gasteiger partial charge in [0.25, 0.3) is 0 Å². The van der Waals surface area contributed by atoms with Crippen LogP contribution in [0, 0.1) is 11.6 Å². The van der Waals surface area contributed by atoms with Crippen molar-refractivity contribution >= 4 is 33.5 Å². The van der Waals surface area contributed by atoms with Gasteiger partial charge in [0.05, 0.1) is 24.3 Å². The number of ether oxygens (including phenoxy) is 2. The summed E-state index contributed by atoms with van der Waals surface area (Å²) in [5.41, 5.74) is -0.267. The Balaban J connectivity index is 2.05. The summed E-state index contributed by atoms with van der Waals surface area (Å²) in [7, 11) is 2.39. The lowest BCUT2D eigenvalue weighted by molar-refractivity contribution is 0.0511. The summed E-state index contributed by atoms with van der Waals surface area (Å²) in [6.07, 6.45) is 0. The molecule has 0 saturated heterocycles. The molecule has 0 spiro atoms. The van der Waals surface area contributed by atoms with E-state index in [0.717, 1.165) is 0 Å². The normalized spacial score (nSPS) is 10.5. The molecule has 0 amide bonds. The monoisotopic (exact) mass is 398 g/mol. The van der Waals surface area contributed by atoms with Crippen molar-refractivity contribution in [2.75, 3.05) is 13.2 Å². The van der Waals surface area contributed by atoms with Crippen LogP contribution in [0.25, 0.3) is 0 Å². The Morgan fingerprint density at radius 1 is 0.808 bits per heavy atom. The van der Waals surface area contributed by atoms with Crippen LogP contribution in [-0.2, 0) is 9.47 Å². The van der Waals surface area contributed by atoms with Gasteiger partial charge in [-0.15, -0.1) is 0 Å². The highest BCUT2D eigenvalue weighted by atomic mass is 33.1. The Morgan fingerprint density at radius 2 is 1.19 bits per heavy atom. The van der Waals surface area contributed by atoms with E-state index in [9.17, 15) is 18.4 Å². The minimum Gasteiger partial charge on any atom is -0.462 e. The minimum absolute atomic E-state index is 0.133. The number of rotatable bonds is 7. The highest BCUT2D eigenvalue weighted by Crippen LogP contribution is 2.38. The standard InChI is InChI=1S/C18H16F2O4S2/c1-3-23-17(21)13-7-5-11(9-15(13)19)25-26-12-6-8-14(16(20)10-12)18(22)24-4-2/h5-10H,3-4H2,1-2H3. The fourth-order valence-electron chi connectivity index (χ4n) is 1.94. The first-order valence-electron chi connectivity index (χ1n) is 7.74. The third-order valence-corrected chi connectivity index (χ3v) is 5.49. The summed E-state index contributed by atoms with van der Waals surface area (Å²) in [5.74, 6) is -2.80. The predicted molar refractivity (Wildman–Crippen MR) is 96.4 cm³/mol. The molecular weight excluding hydrogens is 382 g/mol. The van der Waals surface area contributed by atoms with Crippen molar-refractivity contribution in [3.63, 3.8) is 0 Å². The van der Waals surface area contributed by atoms with Gasteiger partial charge in [-0.2, -0.15) is 0 Å². The van der Waals surface area contributed by atoms with Gasteiger partial charge in [-0.25, -0.2) is 18.4 Å². The molecule has 0 saturated carbocycles. The van der Waals surface area contributed by atoms with E-state index in [1.807, 2.05) is 0 Å². The molecule has 0 aliphatic rings. The second-order valence-corrected chi connectivity index (χ2v) is 7.17. The molecule has 0 aliphatic heterocycles. The number of benzene rings is 2. The average Bonchev–Trinajstić information content (AvgIpc) is 2.60. The van der Waals surface area contributed by atoms with Crippen molar-refractivity contribution in [1.29, 1.82) is 0 Å². The molecule has 138 valence electrons. The van der Waals surface area contributed by atoms with Crippen LogP contribution in [0.5, 0.6) is 0 Å². The van der Waals surface area contributed by atoms with E-state index in [4.69, 9.17) is 9.47 Å². The summed E-state index contributed by atoms with van der Waals surface area (Å²) >= 11 is 0. The van der Waals surface area contributed by atoms with Gasteiger partial charge in [-0.1, -0.05) is 21.6 Å². The predicted octanol–water partition coefficient (Wildman–Crippen LogP) is 5.12. The van der Waals surface area contributed by atoms with Gasteiger partial charge >= 0.3 is 11.9 Å². The van der Waals surface area contributed by atoms with Crippen LogP contribution in [0.15, 0.2) is 46.2 Å². The van der Waals surface area contributed by atoms with Crippen molar-refractivity contribution in [3.05, 3.63) is 59.2 Å². The topological polar surface area (TPSA) is 52.6 Å². The Bertz CT molecular complexity index is 744. The van der Waals surface area contributed by atoms with Crippen molar-refractivity contribution in [2.24, 2.45) is 0 Å². The second-order valence-electron chi connectivity index (χ2n) is 4.89. The molecule has 0 unspecified atom stereocenters. The largest absolute Gasteiger partial charge is 0.462 e. The van der Waals surface area contributed by atoms with Crippen LogP contribution >= 0.6 is 21.6 Å². The van der Waals surface area contributed by atoms with Crippen molar-refractivity contribution in [1.82, 2.24) is 0 Å². The highest BCUT2D eigenvalue weighted by molar-refractivity contribution is 8.76. The molecule has 0 N–H and O–H groups in total. The summed E-state index contributed by atoms with van der Waals surface area (Å²) in [6.45, 7) is 3.61. The molecule has 0 heterocycles. The molecule has 2 aromatic carbocycles. The zero-order chi connectivity index (χ0) is 19.1. The summed E-state index contributed by atoms with van der Waals surface area (Å²) < 4.78 is 37.5. The fourth-order valence-corrected chi connectivity index (χ4v) is 3.88. The van der Waals surface area contributed by atoms with Crippen molar-refractivity contribution in [2.45, 2.75) is 23.6 Å². The van der Waals surface area contributed by atoms with Gasteiger partial charge in [0.15, 0.2) is 0 Å². The van der Waals surface area contributed by atoms with E-state index in [-0.39, 0.29) is 24.3 Å². The highest BCUT2D eigenvalue weighted by Gasteiger charge is 2.15. The van der Waals surface area contributed by atoms with Crippen molar-refractivity contribution in [3.8, 4) is 0 Å². The van der Waals surface area contributed by atoms with Gasteiger partial charge in [0, 0.05) is 9.79 Å². The summed E-state index contributed by atoms with van der Waals surface area (Å²) in [6, 6.07) is 8.29. The Morgan fingerprint density at radius 3 is 1.50 bits per heavy atom. The maximum atomic E-state index is 14.0. The molecule has 2 aromatic rings. The van der Waals surface area contributed by atoms with E-state index in [1.165, 1.54) is 45.9 Å². The molecule has 26 heavy (non-hydrogen) atoms. The van der Waals surface area contributed by atoms with Crippen LogP contribution in [0.3, 0.4) is 0 Å². The van der Waals surface area contributed by atoms with Crippen LogP contribution in [0.2, 0.25) is 0 Å². The molecule has 2 rings (SSSR count). The van der Waals surface area contributed by atoms with Gasteiger partial charge in [-0.3, -0.25) is 0 Å². The van der Waals surface area contributed by atoms with Crippen LogP contribution < -0.4 is 0 Å². The van der Waals surface area contributed by atoms with Gasteiger partial charge < -0.3 is 9.47 Å². The lowest BCUT2D eigenvalue weighted by Crippen LogP contribution is -2.07. The molecule has 0 atom stereocenters. The van der Waals surface area contributed by atoms with E-state index in [2.05, 4.69) is 0 Å². The molecule has 0 aliphatic carbocycles. The van der Waals surface area contributed by atoms with Crippen LogP contribution in [0.4, 0.5) is 8.78 Å². The van der Waals surface area contributed by atoms with Gasteiger partial charge in [0.2, 0.25) is 0 Å². The second kappa shape index (κ2) is 9.59. The quantitative estimate of drug-likeness (QED) is 0.477. The van der Waals surface area contributed by atoms with E-state index in [0.29, 0.717) is 9.79 Å². The average molecular weight is 398 g/mol. The first-order valence-corrected chi connectivity index (χ1v) is 9.89. The summed E-state index contributed by atoms with van der Waals surface area (Å²) in [5, 5.41) is 0. The van der Waals surface area contributed by atoms with Gasteiger partial charge in [0.1, 0.15) is 11.6 Å². The fraction of sp³-hybridized carbons (Fsp3) is 0.222. The smallest absolute Gasteiger partial charge is 0.341 e. The SMILES string of the molecule is CCOC(=O)c1ccc(SSc2ccc(C(=O)OCC)c(F)c2)cc1F. The molecule has 0 radical (unpaired) electrons. The lowest BCUT2D eigenvalue weighted by atomic mass is 10.2. The van der Waals surface area contributed by atoms with E-state index < -0.39 is 23.6 Å². The van der Waals surface area contributed by atoms with Crippen LogP contribution in [0.1, 0.15) is 34.6 Å². The number of hydrogen-bond acceptors (Lipinski definition) is 6. The Kier molecular flexibility index (Phi) is 7.47. The number of esters is 2. The third kappa shape index (κ3) is 5.22. The number of halogens is 2. The number of carbonyl (C=O) groups excluding carboxylic acids is 2. The third-order valence-electron chi connectivity index (χ3n) is 3.11.